The second-order valence-electron chi connectivity index (χ2n) is 4.99. The fraction of sp³-hybridized carbons (Fsp3) is 0.294. The summed E-state index contributed by atoms with van der Waals surface area (Å²) in [6, 6.07) is 12.8. The number of hydrogen-bond donors (Lipinski definition) is 2. The van der Waals surface area contributed by atoms with E-state index >= 15 is 0 Å². The molecule has 0 saturated heterocycles. The molecular formula is C17H21FN2O. The van der Waals surface area contributed by atoms with Crippen molar-refractivity contribution in [2.24, 2.45) is 5.84 Å². The monoisotopic (exact) mass is 288 g/mol. The first-order chi connectivity index (χ1) is 10.2. The number of rotatable bonds is 6. The second-order valence-corrected chi connectivity index (χ2v) is 4.99. The number of hydrazine groups is 1. The molecule has 1 unspecified atom stereocenters. The van der Waals surface area contributed by atoms with Crippen molar-refractivity contribution in [3.05, 3.63) is 65.0 Å². The Morgan fingerprint density at radius 2 is 1.81 bits per heavy atom. The summed E-state index contributed by atoms with van der Waals surface area (Å²) in [4.78, 5) is 0. The minimum atomic E-state index is -0.391. The van der Waals surface area contributed by atoms with Crippen LogP contribution < -0.4 is 16.0 Å². The van der Waals surface area contributed by atoms with Crippen molar-refractivity contribution in [3.8, 4) is 5.75 Å². The summed E-state index contributed by atoms with van der Waals surface area (Å²) in [6.45, 7) is 2.15. The lowest BCUT2D eigenvalue weighted by Gasteiger charge is -2.18. The van der Waals surface area contributed by atoms with E-state index in [0.29, 0.717) is 0 Å². The summed E-state index contributed by atoms with van der Waals surface area (Å²) in [7, 11) is 1.45. The number of aryl methyl sites for hydroxylation is 1. The van der Waals surface area contributed by atoms with Gasteiger partial charge in [0.2, 0.25) is 0 Å². The molecule has 2 rings (SSSR count). The van der Waals surface area contributed by atoms with Crippen LogP contribution in [0.25, 0.3) is 0 Å². The number of hydrogen-bond acceptors (Lipinski definition) is 3. The Balaban J connectivity index is 2.28. The summed E-state index contributed by atoms with van der Waals surface area (Å²) in [5.41, 5.74) is 5.80. The van der Waals surface area contributed by atoms with Crippen molar-refractivity contribution in [3.63, 3.8) is 0 Å². The number of nitrogens with two attached hydrogens (primary N) is 1. The van der Waals surface area contributed by atoms with Gasteiger partial charge in [0, 0.05) is 0 Å². The zero-order chi connectivity index (χ0) is 15.2. The van der Waals surface area contributed by atoms with E-state index in [2.05, 4.69) is 24.5 Å². The van der Waals surface area contributed by atoms with Crippen LogP contribution in [0.15, 0.2) is 42.5 Å². The Morgan fingerprint density at radius 3 is 2.33 bits per heavy atom. The molecule has 0 spiro atoms. The first kappa shape index (κ1) is 15.5. The standard InChI is InChI=1S/C17H21FN2O/c1-3-4-12-5-7-13(8-6-12)17(20-19)14-9-10-16(21-2)15(18)11-14/h5-11,17,20H,3-4,19H2,1-2H3. The average Bonchev–Trinajstić information content (AvgIpc) is 2.50. The highest BCUT2D eigenvalue weighted by molar-refractivity contribution is 5.37. The van der Waals surface area contributed by atoms with Crippen molar-refractivity contribution >= 4 is 0 Å². The van der Waals surface area contributed by atoms with Gasteiger partial charge in [-0.3, -0.25) is 5.84 Å². The molecule has 2 aromatic rings. The third kappa shape index (κ3) is 3.60. The van der Waals surface area contributed by atoms with E-state index in [1.165, 1.54) is 18.7 Å². The molecule has 0 fully saturated rings. The Hall–Kier alpha value is -1.91. The third-order valence-electron chi connectivity index (χ3n) is 3.53. The van der Waals surface area contributed by atoms with Crippen LogP contribution in [-0.2, 0) is 6.42 Å². The topological polar surface area (TPSA) is 47.3 Å². The third-order valence-corrected chi connectivity index (χ3v) is 3.53. The maximum Gasteiger partial charge on any atom is 0.165 e. The van der Waals surface area contributed by atoms with Crippen LogP contribution in [0.1, 0.15) is 36.1 Å². The molecule has 0 aliphatic carbocycles. The van der Waals surface area contributed by atoms with Crippen LogP contribution in [0.4, 0.5) is 4.39 Å². The predicted octanol–water partition coefficient (Wildman–Crippen LogP) is 3.34. The summed E-state index contributed by atoms with van der Waals surface area (Å²) < 4.78 is 18.8. The Bertz CT molecular complexity index is 584. The minimum Gasteiger partial charge on any atom is -0.494 e. The van der Waals surface area contributed by atoms with Gasteiger partial charge >= 0.3 is 0 Å². The quantitative estimate of drug-likeness (QED) is 0.633. The van der Waals surface area contributed by atoms with Crippen LogP contribution in [0.2, 0.25) is 0 Å². The van der Waals surface area contributed by atoms with Gasteiger partial charge in [-0.05, 0) is 35.2 Å². The Morgan fingerprint density at radius 1 is 1.14 bits per heavy atom. The van der Waals surface area contributed by atoms with Crippen molar-refractivity contribution in [1.82, 2.24) is 5.43 Å². The van der Waals surface area contributed by atoms with Crippen LogP contribution in [0, 0.1) is 5.82 Å². The van der Waals surface area contributed by atoms with Gasteiger partial charge in [-0.2, -0.15) is 0 Å². The zero-order valence-corrected chi connectivity index (χ0v) is 12.4. The average molecular weight is 288 g/mol. The van der Waals surface area contributed by atoms with Gasteiger partial charge in [0.1, 0.15) is 0 Å². The molecule has 0 aromatic heterocycles. The SMILES string of the molecule is CCCc1ccc(C(NN)c2ccc(OC)c(F)c2)cc1. The summed E-state index contributed by atoms with van der Waals surface area (Å²) in [5.74, 6) is 5.49. The molecule has 0 aliphatic rings. The van der Waals surface area contributed by atoms with Gasteiger partial charge in [0.05, 0.1) is 13.2 Å². The largest absolute Gasteiger partial charge is 0.494 e. The van der Waals surface area contributed by atoms with Gasteiger partial charge in [-0.25, -0.2) is 9.82 Å². The van der Waals surface area contributed by atoms with E-state index in [1.54, 1.807) is 6.07 Å². The molecule has 0 saturated carbocycles. The van der Waals surface area contributed by atoms with E-state index in [9.17, 15) is 4.39 Å². The van der Waals surface area contributed by atoms with Crippen LogP contribution in [0.5, 0.6) is 5.75 Å². The summed E-state index contributed by atoms with van der Waals surface area (Å²) in [6.07, 6.45) is 2.17. The molecule has 1 atom stereocenters. The van der Waals surface area contributed by atoms with Crippen molar-refractivity contribution in [1.29, 1.82) is 0 Å². The molecule has 3 N–H and O–H groups in total. The highest BCUT2D eigenvalue weighted by Gasteiger charge is 2.14. The summed E-state index contributed by atoms with van der Waals surface area (Å²) >= 11 is 0. The number of nitrogens with one attached hydrogen (secondary N) is 1. The lowest BCUT2D eigenvalue weighted by Crippen LogP contribution is -2.28. The van der Waals surface area contributed by atoms with Crippen molar-refractivity contribution in [2.45, 2.75) is 25.8 Å². The fourth-order valence-corrected chi connectivity index (χ4v) is 2.41. The first-order valence-electron chi connectivity index (χ1n) is 7.08. The number of ether oxygens (including phenoxy) is 1. The van der Waals surface area contributed by atoms with Gasteiger partial charge < -0.3 is 4.74 Å². The molecule has 0 aliphatic heterocycles. The maximum absolute atomic E-state index is 13.8. The number of benzene rings is 2. The van der Waals surface area contributed by atoms with E-state index in [-0.39, 0.29) is 11.8 Å². The van der Waals surface area contributed by atoms with Crippen molar-refractivity contribution in [2.75, 3.05) is 7.11 Å². The molecule has 0 bridgehead atoms. The van der Waals surface area contributed by atoms with Gasteiger partial charge in [0.15, 0.2) is 11.6 Å². The Kier molecular flexibility index (Phi) is 5.31. The van der Waals surface area contributed by atoms with Gasteiger partial charge in [-0.15, -0.1) is 0 Å². The van der Waals surface area contributed by atoms with Crippen LogP contribution in [0.3, 0.4) is 0 Å². The molecule has 2 aromatic carbocycles. The lowest BCUT2D eigenvalue weighted by atomic mass is 9.97. The summed E-state index contributed by atoms with van der Waals surface area (Å²) in [5, 5.41) is 0. The smallest absolute Gasteiger partial charge is 0.165 e. The van der Waals surface area contributed by atoms with E-state index in [4.69, 9.17) is 10.6 Å². The molecule has 112 valence electrons. The number of halogens is 1. The van der Waals surface area contributed by atoms with Crippen molar-refractivity contribution < 1.29 is 9.13 Å². The first-order valence-corrected chi connectivity index (χ1v) is 7.08. The molecule has 21 heavy (non-hydrogen) atoms. The molecular weight excluding hydrogens is 267 g/mol. The lowest BCUT2D eigenvalue weighted by molar-refractivity contribution is 0.385. The molecule has 0 amide bonds. The highest BCUT2D eigenvalue weighted by atomic mass is 19.1. The maximum atomic E-state index is 13.8. The van der Waals surface area contributed by atoms with E-state index in [1.807, 2.05) is 18.2 Å². The van der Waals surface area contributed by atoms with Crippen LogP contribution >= 0.6 is 0 Å². The molecule has 0 heterocycles. The van der Waals surface area contributed by atoms with E-state index in [0.717, 1.165) is 24.0 Å². The predicted molar refractivity (Wildman–Crippen MR) is 82.6 cm³/mol. The van der Waals surface area contributed by atoms with Crippen LogP contribution in [-0.4, -0.2) is 7.11 Å². The molecule has 0 radical (unpaired) electrons. The highest BCUT2D eigenvalue weighted by Crippen LogP contribution is 2.26. The fourth-order valence-electron chi connectivity index (χ4n) is 2.41. The molecule has 3 nitrogen and oxygen atoms in total. The zero-order valence-electron chi connectivity index (χ0n) is 12.4. The molecule has 4 heteroatoms. The van der Waals surface area contributed by atoms with Gasteiger partial charge in [-0.1, -0.05) is 43.7 Å². The second kappa shape index (κ2) is 7.20. The van der Waals surface area contributed by atoms with E-state index < -0.39 is 5.82 Å². The number of methoxy groups -OCH3 is 1. The van der Waals surface area contributed by atoms with Gasteiger partial charge in [0.25, 0.3) is 0 Å². The Labute approximate surface area is 124 Å². The normalized spacial score (nSPS) is 12.2. The minimum absolute atomic E-state index is 0.229.